The van der Waals surface area contributed by atoms with E-state index in [9.17, 15) is 14.4 Å². The first-order chi connectivity index (χ1) is 18.0. The van der Waals surface area contributed by atoms with E-state index in [0.717, 1.165) is 25.0 Å². The van der Waals surface area contributed by atoms with Crippen molar-refractivity contribution in [2.75, 3.05) is 19.8 Å². The van der Waals surface area contributed by atoms with Crippen LogP contribution < -0.4 is 4.74 Å². The summed E-state index contributed by atoms with van der Waals surface area (Å²) in [6.45, 7) is 3.15. The van der Waals surface area contributed by atoms with E-state index in [4.69, 9.17) is 14.0 Å². The van der Waals surface area contributed by atoms with Crippen LogP contribution in [0.4, 0.5) is 0 Å². The molecule has 0 aliphatic carbocycles. The monoisotopic (exact) mass is 542 g/mol. The van der Waals surface area contributed by atoms with Crippen LogP contribution in [0.5, 0.6) is 5.75 Å². The van der Waals surface area contributed by atoms with Gasteiger partial charge in [-0.1, -0.05) is 141 Å². The van der Waals surface area contributed by atoms with E-state index in [1.165, 1.54) is 96.3 Å². The molecule has 0 bridgehead atoms. The highest BCUT2D eigenvalue weighted by Crippen LogP contribution is 2.38. The molecule has 0 spiro atoms. The fourth-order valence-electron chi connectivity index (χ4n) is 4.58. The molecular weight excluding hydrogens is 487 g/mol. The molecule has 0 heterocycles. The van der Waals surface area contributed by atoms with Gasteiger partial charge in [-0.2, -0.15) is 0 Å². The van der Waals surface area contributed by atoms with Crippen LogP contribution in [0.3, 0.4) is 0 Å². The molecular formula is C30H55O6P. The van der Waals surface area contributed by atoms with Gasteiger partial charge in [0.2, 0.25) is 0 Å². The van der Waals surface area contributed by atoms with Crippen LogP contribution in [0.25, 0.3) is 0 Å². The number of rotatable bonds is 27. The van der Waals surface area contributed by atoms with Gasteiger partial charge < -0.3 is 19.3 Å². The summed E-state index contributed by atoms with van der Waals surface area (Å²) in [7, 11) is -4.53. The van der Waals surface area contributed by atoms with Crippen LogP contribution in [-0.2, 0) is 13.8 Å². The van der Waals surface area contributed by atoms with Crippen molar-refractivity contribution in [3.8, 4) is 5.75 Å². The molecule has 6 nitrogen and oxygen atoms in total. The normalized spacial score (nSPS) is 12.6. The Labute approximate surface area is 227 Å². The predicted molar refractivity (Wildman–Crippen MR) is 153 cm³/mol. The second-order valence-corrected chi connectivity index (χ2v) is 11.4. The molecule has 0 saturated heterocycles. The van der Waals surface area contributed by atoms with Crippen molar-refractivity contribution in [3.63, 3.8) is 0 Å². The zero-order chi connectivity index (χ0) is 26.9. The first-order valence-corrected chi connectivity index (χ1v) is 16.5. The third-order valence-corrected chi connectivity index (χ3v) is 7.28. The van der Waals surface area contributed by atoms with Gasteiger partial charge in [-0.05, 0) is 18.6 Å². The van der Waals surface area contributed by atoms with Gasteiger partial charge in [-0.25, -0.2) is 4.57 Å². The summed E-state index contributed by atoms with van der Waals surface area (Å²) in [6.07, 6.45) is 23.7. The summed E-state index contributed by atoms with van der Waals surface area (Å²) in [5.41, 5.74) is 0. The second kappa shape index (κ2) is 24.2. The highest BCUT2D eigenvalue weighted by molar-refractivity contribution is 7.46. The minimum absolute atomic E-state index is 0.155. The molecule has 37 heavy (non-hydrogen) atoms. The Hall–Kier alpha value is -0.910. The number of phosphoric ester groups is 1. The summed E-state index contributed by atoms with van der Waals surface area (Å²) < 4.78 is 27.4. The van der Waals surface area contributed by atoms with Crippen molar-refractivity contribution >= 4 is 7.82 Å². The van der Waals surface area contributed by atoms with E-state index >= 15 is 0 Å². The van der Waals surface area contributed by atoms with Gasteiger partial charge in [-0.3, -0.25) is 4.52 Å². The number of para-hydroxylation sites is 1. The highest BCUT2D eigenvalue weighted by Gasteiger charge is 2.22. The topological polar surface area (TPSA) is 85.2 Å². The Balaban J connectivity index is 1.93. The van der Waals surface area contributed by atoms with Gasteiger partial charge in [0.05, 0.1) is 19.3 Å². The molecule has 1 aromatic carbocycles. The SMILES string of the molecule is CCCCCCCCCCCCCCCCCCCCC(COCCOc1ccccc1)OP(=O)(O)O. The van der Waals surface area contributed by atoms with Gasteiger partial charge in [0.15, 0.2) is 0 Å². The van der Waals surface area contributed by atoms with Gasteiger partial charge in [0.25, 0.3) is 0 Å². The Morgan fingerprint density at radius 2 is 1.14 bits per heavy atom. The second-order valence-electron chi connectivity index (χ2n) is 10.3. The van der Waals surface area contributed by atoms with Crippen LogP contribution in [-0.4, -0.2) is 35.7 Å². The molecule has 1 aromatic rings. The van der Waals surface area contributed by atoms with E-state index in [-0.39, 0.29) is 6.61 Å². The van der Waals surface area contributed by atoms with E-state index in [1.54, 1.807) is 0 Å². The molecule has 0 aromatic heterocycles. The number of unbranched alkanes of at least 4 members (excludes halogenated alkanes) is 17. The Morgan fingerprint density at radius 1 is 0.676 bits per heavy atom. The number of benzene rings is 1. The number of ether oxygens (including phenoxy) is 2. The summed E-state index contributed by atoms with van der Waals surface area (Å²) >= 11 is 0. The van der Waals surface area contributed by atoms with Crippen LogP contribution >= 0.6 is 7.82 Å². The fourth-order valence-corrected chi connectivity index (χ4v) is 5.14. The summed E-state index contributed by atoms with van der Waals surface area (Å²) in [6, 6.07) is 9.48. The Kier molecular flexibility index (Phi) is 22.3. The van der Waals surface area contributed by atoms with Crippen LogP contribution in [0.2, 0.25) is 0 Å². The first kappa shape index (κ1) is 34.1. The van der Waals surface area contributed by atoms with E-state index in [1.807, 2.05) is 30.3 Å². The molecule has 0 aliphatic rings. The van der Waals surface area contributed by atoms with Crippen LogP contribution in [0.1, 0.15) is 129 Å². The average molecular weight is 543 g/mol. The standard InChI is InChI=1S/C30H55O6P/c1-2-3-4-5-6-7-8-9-10-11-12-13-14-15-16-17-18-20-25-30(36-37(31,32)33)28-34-26-27-35-29-23-21-19-22-24-29/h19,21-24,30H,2-18,20,25-28H2,1H3,(H2,31,32,33). The summed E-state index contributed by atoms with van der Waals surface area (Å²) in [5.74, 6) is 0.771. The van der Waals surface area contributed by atoms with E-state index in [0.29, 0.717) is 19.6 Å². The van der Waals surface area contributed by atoms with Crippen molar-refractivity contribution < 1.29 is 28.3 Å². The molecule has 1 atom stereocenters. The molecule has 216 valence electrons. The highest BCUT2D eigenvalue weighted by atomic mass is 31.2. The van der Waals surface area contributed by atoms with Crippen molar-refractivity contribution in [3.05, 3.63) is 30.3 Å². The molecule has 7 heteroatoms. The van der Waals surface area contributed by atoms with Gasteiger partial charge >= 0.3 is 7.82 Å². The van der Waals surface area contributed by atoms with E-state index in [2.05, 4.69) is 6.92 Å². The molecule has 0 aliphatic heterocycles. The minimum atomic E-state index is -4.53. The third kappa shape index (κ3) is 23.9. The van der Waals surface area contributed by atoms with Crippen LogP contribution in [0, 0.1) is 0 Å². The van der Waals surface area contributed by atoms with Crippen molar-refractivity contribution in [2.24, 2.45) is 0 Å². The lowest BCUT2D eigenvalue weighted by Gasteiger charge is -2.18. The molecule has 1 rings (SSSR count). The minimum Gasteiger partial charge on any atom is -0.491 e. The summed E-state index contributed by atoms with van der Waals surface area (Å²) in [5, 5.41) is 0. The molecule has 1 unspecified atom stereocenters. The maximum Gasteiger partial charge on any atom is 0.469 e. The molecule has 0 saturated carbocycles. The predicted octanol–water partition coefficient (Wildman–Crippen LogP) is 8.99. The molecule has 0 radical (unpaired) electrons. The van der Waals surface area contributed by atoms with Crippen molar-refractivity contribution in [1.29, 1.82) is 0 Å². The fraction of sp³-hybridized carbons (Fsp3) is 0.800. The quantitative estimate of drug-likeness (QED) is 0.0852. The number of phosphoric acid groups is 1. The van der Waals surface area contributed by atoms with Gasteiger partial charge in [0, 0.05) is 0 Å². The molecule has 0 fully saturated rings. The third-order valence-electron chi connectivity index (χ3n) is 6.71. The lowest BCUT2D eigenvalue weighted by Crippen LogP contribution is -2.21. The largest absolute Gasteiger partial charge is 0.491 e. The maximum atomic E-state index is 11.3. The van der Waals surface area contributed by atoms with Crippen LogP contribution in [0.15, 0.2) is 30.3 Å². The molecule has 0 amide bonds. The van der Waals surface area contributed by atoms with Crippen molar-refractivity contribution in [2.45, 2.75) is 135 Å². The Bertz CT molecular complexity index is 651. The lowest BCUT2D eigenvalue weighted by atomic mass is 10.0. The smallest absolute Gasteiger partial charge is 0.469 e. The van der Waals surface area contributed by atoms with Gasteiger partial charge in [-0.15, -0.1) is 0 Å². The summed E-state index contributed by atoms with van der Waals surface area (Å²) in [4.78, 5) is 18.4. The van der Waals surface area contributed by atoms with E-state index < -0.39 is 13.9 Å². The number of hydrogen-bond donors (Lipinski definition) is 2. The first-order valence-electron chi connectivity index (χ1n) is 15.0. The molecule has 2 N–H and O–H groups in total. The zero-order valence-electron chi connectivity index (χ0n) is 23.5. The zero-order valence-corrected chi connectivity index (χ0v) is 24.4. The van der Waals surface area contributed by atoms with Crippen molar-refractivity contribution in [1.82, 2.24) is 0 Å². The number of hydrogen-bond acceptors (Lipinski definition) is 4. The Morgan fingerprint density at radius 3 is 1.59 bits per heavy atom. The average Bonchev–Trinajstić information content (AvgIpc) is 2.87. The van der Waals surface area contributed by atoms with Gasteiger partial charge in [0.1, 0.15) is 12.4 Å². The lowest BCUT2D eigenvalue weighted by molar-refractivity contribution is 0.0182. The maximum absolute atomic E-state index is 11.3.